The second-order valence-electron chi connectivity index (χ2n) is 3.97. The number of benzene rings is 1. The molecular weight excluding hydrogens is 220 g/mol. The maximum Gasteiger partial charge on any atom is 0.226 e. The van der Waals surface area contributed by atoms with Gasteiger partial charge >= 0.3 is 0 Å². The second kappa shape index (κ2) is 6.23. The summed E-state index contributed by atoms with van der Waals surface area (Å²) in [5.74, 6) is 0.281. The highest BCUT2D eigenvalue weighted by molar-refractivity contribution is 7.80. The highest BCUT2D eigenvalue weighted by atomic mass is 32.1. The van der Waals surface area contributed by atoms with Gasteiger partial charge in [0.15, 0.2) is 5.11 Å². The van der Waals surface area contributed by atoms with Crippen LogP contribution in [0, 0.1) is 5.92 Å². The van der Waals surface area contributed by atoms with E-state index in [4.69, 9.17) is 12.2 Å². The molecule has 1 aromatic rings. The average molecular weight is 236 g/mol. The zero-order chi connectivity index (χ0) is 12.0. The molecule has 0 spiro atoms. The number of thiocarbonyl (C=S) groups is 1. The number of carbonyl (C=O) groups excluding carboxylic acids is 1. The number of nitrogens with one attached hydrogen (secondary N) is 2. The first-order valence-electron chi connectivity index (χ1n) is 5.24. The molecular formula is C12H16N2OS. The summed E-state index contributed by atoms with van der Waals surface area (Å²) in [6.07, 6.45) is 0.483. The van der Waals surface area contributed by atoms with Crippen molar-refractivity contribution in [3.05, 3.63) is 30.3 Å². The first kappa shape index (κ1) is 12.6. The van der Waals surface area contributed by atoms with E-state index in [0.29, 0.717) is 17.5 Å². The molecule has 0 aromatic heterocycles. The summed E-state index contributed by atoms with van der Waals surface area (Å²) in [6.45, 7) is 3.99. The maximum absolute atomic E-state index is 11.4. The van der Waals surface area contributed by atoms with Crippen molar-refractivity contribution in [2.24, 2.45) is 5.92 Å². The van der Waals surface area contributed by atoms with Gasteiger partial charge in [-0.3, -0.25) is 4.79 Å². The molecule has 4 heteroatoms. The number of amides is 1. The minimum absolute atomic E-state index is 0.0524. The summed E-state index contributed by atoms with van der Waals surface area (Å²) in [5, 5.41) is 5.93. The van der Waals surface area contributed by atoms with Crippen molar-refractivity contribution in [3.8, 4) is 0 Å². The van der Waals surface area contributed by atoms with E-state index in [1.54, 1.807) is 0 Å². The fourth-order valence-electron chi connectivity index (χ4n) is 1.23. The fourth-order valence-corrected chi connectivity index (χ4v) is 1.46. The quantitative estimate of drug-likeness (QED) is 0.792. The molecule has 16 heavy (non-hydrogen) atoms. The minimum atomic E-state index is -0.0524. The third-order valence-electron chi connectivity index (χ3n) is 1.88. The van der Waals surface area contributed by atoms with Crippen molar-refractivity contribution in [1.29, 1.82) is 0 Å². The number of anilines is 1. The molecule has 1 rings (SSSR count). The lowest BCUT2D eigenvalue weighted by Gasteiger charge is -2.10. The van der Waals surface area contributed by atoms with Crippen LogP contribution in [0.2, 0.25) is 0 Å². The van der Waals surface area contributed by atoms with Crippen LogP contribution in [0.15, 0.2) is 30.3 Å². The zero-order valence-corrected chi connectivity index (χ0v) is 10.3. The van der Waals surface area contributed by atoms with Crippen LogP contribution in [0.25, 0.3) is 0 Å². The SMILES string of the molecule is CC(C)CC(=O)NC(=S)Nc1ccccc1. The molecule has 0 aliphatic carbocycles. The van der Waals surface area contributed by atoms with Crippen LogP contribution in [0.5, 0.6) is 0 Å². The average Bonchev–Trinajstić information content (AvgIpc) is 2.17. The fraction of sp³-hybridized carbons (Fsp3) is 0.333. The van der Waals surface area contributed by atoms with Crippen molar-refractivity contribution in [2.45, 2.75) is 20.3 Å². The van der Waals surface area contributed by atoms with Crippen LogP contribution < -0.4 is 10.6 Å². The van der Waals surface area contributed by atoms with Gasteiger partial charge in [-0.25, -0.2) is 0 Å². The third-order valence-corrected chi connectivity index (χ3v) is 2.08. The summed E-state index contributed by atoms with van der Waals surface area (Å²) < 4.78 is 0. The highest BCUT2D eigenvalue weighted by Gasteiger charge is 2.06. The van der Waals surface area contributed by atoms with Gasteiger partial charge in [-0.1, -0.05) is 32.0 Å². The molecule has 0 radical (unpaired) electrons. The minimum Gasteiger partial charge on any atom is -0.332 e. The first-order chi connectivity index (χ1) is 7.58. The number of hydrogen-bond acceptors (Lipinski definition) is 2. The molecule has 0 aliphatic heterocycles. The molecule has 0 fully saturated rings. The Hall–Kier alpha value is -1.42. The van der Waals surface area contributed by atoms with Gasteiger partial charge in [-0.2, -0.15) is 0 Å². The van der Waals surface area contributed by atoms with Gasteiger partial charge in [0.05, 0.1) is 0 Å². The predicted molar refractivity (Wildman–Crippen MR) is 70.3 cm³/mol. The first-order valence-corrected chi connectivity index (χ1v) is 5.64. The zero-order valence-electron chi connectivity index (χ0n) is 9.49. The molecule has 0 unspecified atom stereocenters. The van der Waals surface area contributed by atoms with E-state index in [9.17, 15) is 4.79 Å². The van der Waals surface area contributed by atoms with E-state index >= 15 is 0 Å². The van der Waals surface area contributed by atoms with Crippen LogP contribution in [0.1, 0.15) is 20.3 Å². The number of carbonyl (C=O) groups is 1. The van der Waals surface area contributed by atoms with E-state index in [1.165, 1.54) is 0 Å². The predicted octanol–water partition coefficient (Wildman–Crippen LogP) is 2.55. The Labute approximate surface area is 101 Å². The number of para-hydroxylation sites is 1. The van der Waals surface area contributed by atoms with Crippen molar-refractivity contribution < 1.29 is 4.79 Å². The van der Waals surface area contributed by atoms with E-state index in [2.05, 4.69) is 10.6 Å². The van der Waals surface area contributed by atoms with Gasteiger partial charge < -0.3 is 10.6 Å². The highest BCUT2D eigenvalue weighted by Crippen LogP contribution is 2.04. The van der Waals surface area contributed by atoms with Crippen molar-refractivity contribution >= 4 is 28.9 Å². The summed E-state index contributed by atoms with van der Waals surface area (Å²) in [6, 6.07) is 9.51. The van der Waals surface area contributed by atoms with Crippen molar-refractivity contribution in [3.63, 3.8) is 0 Å². The van der Waals surface area contributed by atoms with Gasteiger partial charge in [-0.05, 0) is 30.3 Å². The Kier molecular flexibility index (Phi) is 4.92. The lowest BCUT2D eigenvalue weighted by atomic mass is 10.1. The van der Waals surface area contributed by atoms with Crippen LogP contribution in [-0.2, 0) is 4.79 Å². The Morgan fingerprint density at radius 1 is 1.31 bits per heavy atom. The van der Waals surface area contributed by atoms with Gasteiger partial charge in [0.2, 0.25) is 5.91 Å². The second-order valence-corrected chi connectivity index (χ2v) is 4.37. The summed E-state index contributed by atoms with van der Waals surface area (Å²) in [5.41, 5.74) is 0.873. The van der Waals surface area contributed by atoms with E-state index in [0.717, 1.165) is 5.69 Å². The van der Waals surface area contributed by atoms with E-state index < -0.39 is 0 Å². The lowest BCUT2D eigenvalue weighted by molar-refractivity contribution is -0.120. The van der Waals surface area contributed by atoms with Crippen LogP contribution in [0.3, 0.4) is 0 Å². The largest absolute Gasteiger partial charge is 0.332 e. The Bertz CT molecular complexity index is 363. The summed E-state index contributed by atoms with van der Waals surface area (Å²) >= 11 is 5.02. The molecule has 1 aromatic carbocycles. The maximum atomic E-state index is 11.4. The van der Waals surface area contributed by atoms with E-state index in [-0.39, 0.29) is 5.91 Å². The Morgan fingerprint density at radius 3 is 2.50 bits per heavy atom. The smallest absolute Gasteiger partial charge is 0.226 e. The molecule has 1 amide bonds. The molecule has 0 saturated heterocycles. The monoisotopic (exact) mass is 236 g/mol. The Morgan fingerprint density at radius 2 is 1.94 bits per heavy atom. The Balaban J connectivity index is 2.39. The van der Waals surface area contributed by atoms with Gasteiger partial charge in [-0.15, -0.1) is 0 Å². The molecule has 0 saturated carbocycles. The van der Waals surface area contributed by atoms with Crippen molar-refractivity contribution in [1.82, 2.24) is 5.32 Å². The van der Waals surface area contributed by atoms with Gasteiger partial charge in [0.1, 0.15) is 0 Å². The number of hydrogen-bond donors (Lipinski definition) is 2. The molecule has 0 aliphatic rings. The van der Waals surface area contributed by atoms with Crippen LogP contribution in [-0.4, -0.2) is 11.0 Å². The molecule has 2 N–H and O–H groups in total. The van der Waals surface area contributed by atoms with Crippen molar-refractivity contribution in [2.75, 3.05) is 5.32 Å². The molecule has 3 nitrogen and oxygen atoms in total. The molecule has 86 valence electrons. The van der Waals surface area contributed by atoms with E-state index in [1.807, 2.05) is 44.2 Å². The third kappa shape index (κ3) is 4.89. The standard InChI is InChI=1S/C12H16N2OS/c1-9(2)8-11(15)14-12(16)13-10-6-4-3-5-7-10/h3-7,9H,8H2,1-2H3,(H2,13,14,15,16). The summed E-state index contributed by atoms with van der Waals surface area (Å²) in [4.78, 5) is 11.4. The summed E-state index contributed by atoms with van der Waals surface area (Å²) in [7, 11) is 0. The van der Waals surface area contributed by atoms with Gasteiger partial charge in [0.25, 0.3) is 0 Å². The molecule has 0 atom stereocenters. The van der Waals surface area contributed by atoms with Crippen LogP contribution >= 0.6 is 12.2 Å². The van der Waals surface area contributed by atoms with Crippen LogP contribution in [0.4, 0.5) is 5.69 Å². The molecule has 0 heterocycles. The number of rotatable bonds is 3. The normalized spacial score (nSPS) is 9.94. The topological polar surface area (TPSA) is 41.1 Å². The van der Waals surface area contributed by atoms with Gasteiger partial charge in [0, 0.05) is 12.1 Å². The molecule has 0 bridgehead atoms. The lowest BCUT2D eigenvalue weighted by Crippen LogP contribution is -2.34.